The second-order valence-electron chi connectivity index (χ2n) is 6.15. The molecular weight excluding hydrogens is 294 g/mol. The molecule has 7 nitrogen and oxygen atoms in total. The minimum absolute atomic E-state index is 0.226. The summed E-state index contributed by atoms with van der Waals surface area (Å²) in [4.78, 5) is 18.3. The molecule has 0 aromatic carbocycles. The Morgan fingerprint density at radius 2 is 1.83 bits per heavy atom. The first-order valence-electron chi connectivity index (χ1n) is 8.82. The minimum atomic E-state index is 0.226. The van der Waals surface area contributed by atoms with Gasteiger partial charge in [0.05, 0.1) is 13.2 Å². The van der Waals surface area contributed by atoms with Crippen molar-refractivity contribution in [1.29, 1.82) is 0 Å². The van der Waals surface area contributed by atoms with Crippen LogP contribution in [0.25, 0.3) is 0 Å². The summed E-state index contributed by atoms with van der Waals surface area (Å²) >= 11 is 0. The van der Waals surface area contributed by atoms with Gasteiger partial charge in [-0.05, 0) is 19.3 Å². The largest absolute Gasteiger partial charge is 0.379 e. The summed E-state index contributed by atoms with van der Waals surface area (Å²) in [6.45, 7) is 7.09. The first kappa shape index (κ1) is 18.0. The van der Waals surface area contributed by atoms with Crippen LogP contribution in [0.15, 0.2) is 4.99 Å². The zero-order valence-electron chi connectivity index (χ0n) is 14.3. The second-order valence-corrected chi connectivity index (χ2v) is 6.15. The third kappa shape index (κ3) is 6.74. The number of ether oxygens (including phenoxy) is 1. The third-order valence-electron chi connectivity index (χ3n) is 4.47. The van der Waals surface area contributed by atoms with E-state index in [1.807, 2.05) is 0 Å². The van der Waals surface area contributed by atoms with Crippen LogP contribution >= 0.6 is 0 Å². The highest BCUT2D eigenvalue weighted by molar-refractivity contribution is 5.80. The van der Waals surface area contributed by atoms with Gasteiger partial charge in [0, 0.05) is 52.2 Å². The normalized spacial score (nSPS) is 20.0. The van der Waals surface area contributed by atoms with E-state index in [9.17, 15) is 4.79 Å². The Bertz CT molecular complexity index is 379. The first-order chi connectivity index (χ1) is 11.3. The number of rotatable bonds is 8. The monoisotopic (exact) mass is 325 g/mol. The summed E-state index contributed by atoms with van der Waals surface area (Å²) in [5, 5.41) is 9.61. The number of aliphatic imine (C=N–C) groups is 1. The quantitative estimate of drug-likeness (QED) is 0.327. The van der Waals surface area contributed by atoms with Gasteiger partial charge in [0.2, 0.25) is 5.91 Å². The van der Waals surface area contributed by atoms with Crippen molar-refractivity contribution in [2.75, 3.05) is 59.5 Å². The Morgan fingerprint density at radius 3 is 2.48 bits per heavy atom. The molecular formula is C16H31N5O2. The molecule has 2 aliphatic rings. The molecule has 23 heavy (non-hydrogen) atoms. The molecule has 0 radical (unpaired) electrons. The van der Waals surface area contributed by atoms with E-state index < -0.39 is 0 Å². The number of morpholine rings is 1. The molecule has 0 aromatic heterocycles. The van der Waals surface area contributed by atoms with Crippen molar-refractivity contribution >= 4 is 11.9 Å². The molecule has 0 bridgehead atoms. The average Bonchev–Trinajstić information content (AvgIpc) is 2.52. The number of amides is 1. The van der Waals surface area contributed by atoms with Crippen LogP contribution in [0.5, 0.6) is 0 Å². The summed E-state index contributed by atoms with van der Waals surface area (Å²) in [7, 11) is 1.78. The minimum Gasteiger partial charge on any atom is -0.379 e. The van der Waals surface area contributed by atoms with E-state index in [0.29, 0.717) is 0 Å². The Labute approximate surface area is 139 Å². The molecule has 0 spiro atoms. The number of guanidine groups is 1. The molecule has 1 saturated carbocycles. The maximum Gasteiger partial charge on any atom is 0.223 e. The van der Waals surface area contributed by atoms with E-state index in [1.54, 1.807) is 7.05 Å². The standard InChI is InChI=1S/C16H31N5O2/c1-17-16(20-8-9-21-10-12-23-13-11-21)19-7-3-6-18-15(22)14-4-2-5-14/h14H,2-13H2,1H3,(H,18,22)(H2,17,19,20). The lowest BCUT2D eigenvalue weighted by Gasteiger charge is -2.26. The molecule has 1 heterocycles. The highest BCUT2D eigenvalue weighted by Gasteiger charge is 2.24. The van der Waals surface area contributed by atoms with Crippen LogP contribution in [-0.4, -0.2) is 76.3 Å². The van der Waals surface area contributed by atoms with Crippen molar-refractivity contribution in [2.24, 2.45) is 10.9 Å². The second kappa shape index (κ2) is 10.4. The molecule has 1 aliphatic carbocycles. The molecule has 132 valence electrons. The van der Waals surface area contributed by atoms with Gasteiger partial charge in [-0.2, -0.15) is 0 Å². The van der Waals surface area contributed by atoms with Crippen LogP contribution in [0.1, 0.15) is 25.7 Å². The SMILES string of the molecule is CN=C(NCCCNC(=O)C1CCC1)NCCN1CCOCC1. The van der Waals surface area contributed by atoms with Crippen molar-refractivity contribution in [1.82, 2.24) is 20.9 Å². The van der Waals surface area contributed by atoms with E-state index >= 15 is 0 Å². The Kier molecular flexibility index (Phi) is 8.17. The topological polar surface area (TPSA) is 78.0 Å². The van der Waals surface area contributed by atoms with Crippen LogP contribution < -0.4 is 16.0 Å². The zero-order chi connectivity index (χ0) is 16.3. The van der Waals surface area contributed by atoms with Crippen molar-refractivity contribution in [2.45, 2.75) is 25.7 Å². The summed E-state index contributed by atoms with van der Waals surface area (Å²) in [6.07, 6.45) is 4.22. The number of nitrogens with zero attached hydrogens (tertiary/aromatic N) is 2. The number of hydrogen-bond acceptors (Lipinski definition) is 4. The molecule has 1 saturated heterocycles. The van der Waals surface area contributed by atoms with E-state index in [0.717, 1.165) is 77.7 Å². The molecule has 3 N–H and O–H groups in total. The van der Waals surface area contributed by atoms with Crippen LogP contribution in [-0.2, 0) is 9.53 Å². The summed E-state index contributed by atoms with van der Waals surface area (Å²) in [5.74, 6) is 1.32. The van der Waals surface area contributed by atoms with E-state index in [2.05, 4.69) is 25.8 Å². The van der Waals surface area contributed by atoms with Crippen molar-refractivity contribution in [3.63, 3.8) is 0 Å². The first-order valence-corrected chi connectivity index (χ1v) is 8.82. The average molecular weight is 325 g/mol. The van der Waals surface area contributed by atoms with Crippen molar-refractivity contribution < 1.29 is 9.53 Å². The Balaban J connectivity index is 1.46. The van der Waals surface area contributed by atoms with Gasteiger partial charge in [0.15, 0.2) is 5.96 Å². The molecule has 1 amide bonds. The number of nitrogens with one attached hydrogen (secondary N) is 3. The summed E-state index contributed by atoms with van der Waals surface area (Å²) in [6, 6.07) is 0. The van der Waals surface area contributed by atoms with Gasteiger partial charge >= 0.3 is 0 Å². The van der Waals surface area contributed by atoms with Crippen LogP contribution in [0.3, 0.4) is 0 Å². The molecule has 0 aromatic rings. The molecule has 7 heteroatoms. The van der Waals surface area contributed by atoms with Crippen molar-refractivity contribution in [3.8, 4) is 0 Å². The maximum atomic E-state index is 11.7. The van der Waals surface area contributed by atoms with Crippen LogP contribution in [0.4, 0.5) is 0 Å². The molecule has 1 aliphatic heterocycles. The zero-order valence-corrected chi connectivity index (χ0v) is 14.3. The third-order valence-corrected chi connectivity index (χ3v) is 4.47. The van der Waals surface area contributed by atoms with Crippen LogP contribution in [0.2, 0.25) is 0 Å². The van der Waals surface area contributed by atoms with E-state index in [4.69, 9.17) is 4.74 Å². The predicted octanol–water partition coefficient (Wildman–Crippen LogP) is -0.210. The molecule has 0 atom stereocenters. The molecule has 0 unspecified atom stereocenters. The lowest BCUT2D eigenvalue weighted by Crippen LogP contribution is -2.45. The summed E-state index contributed by atoms with van der Waals surface area (Å²) in [5.41, 5.74) is 0. The van der Waals surface area contributed by atoms with Gasteiger partial charge in [0.1, 0.15) is 0 Å². The van der Waals surface area contributed by atoms with E-state index in [1.165, 1.54) is 6.42 Å². The molecule has 2 fully saturated rings. The Morgan fingerprint density at radius 1 is 1.13 bits per heavy atom. The van der Waals surface area contributed by atoms with Gasteiger partial charge in [-0.1, -0.05) is 6.42 Å². The summed E-state index contributed by atoms with van der Waals surface area (Å²) < 4.78 is 5.34. The lowest BCUT2D eigenvalue weighted by molar-refractivity contribution is -0.127. The maximum absolute atomic E-state index is 11.7. The van der Waals surface area contributed by atoms with Gasteiger partial charge in [-0.15, -0.1) is 0 Å². The van der Waals surface area contributed by atoms with Gasteiger partial charge in [0.25, 0.3) is 0 Å². The van der Waals surface area contributed by atoms with Crippen molar-refractivity contribution in [3.05, 3.63) is 0 Å². The number of hydrogen-bond donors (Lipinski definition) is 3. The van der Waals surface area contributed by atoms with Gasteiger partial charge < -0.3 is 20.7 Å². The fourth-order valence-corrected chi connectivity index (χ4v) is 2.70. The Hall–Kier alpha value is -1.34. The number of carbonyl (C=O) groups is 1. The van der Waals surface area contributed by atoms with Gasteiger partial charge in [-0.25, -0.2) is 0 Å². The fraction of sp³-hybridized carbons (Fsp3) is 0.875. The number of carbonyl (C=O) groups excluding carboxylic acids is 1. The fourth-order valence-electron chi connectivity index (χ4n) is 2.70. The smallest absolute Gasteiger partial charge is 0.223 e. The van der Waals surface area contributed by atoms with Gasteiger partial charge in [-0.3, -0.25) is 14.7 Å². The highest BCUT2D eigenvalue weighted by atomic mass is 16.5. The highest BCUT2D eigenvalue weighted by Crippen LogP contribution is 2.25. The van der Waals surface area contributed by atoms with E-state index in [-0.39, 0.29) is 11.8 Å². The predicted molar refractivity (Wildman–Crippen MR) is 91.6 cm³/mol. The molecule has 2 rings (SSSR count). The van der Waals surface area contributed by atoms with Crippen LogP contribution in [0, 0.1) is 5.92 Å². The lowest BCUT2D eigenvalue weighted by atomic mass is 9.85.